The Balaban J connectivity index is 1.97. The van der Waals surface area contributed by atoms with Crippen molar-refractivity contribution in [2.45, 2.75) is 25.8 Å². The van der Waals surface area contributed by atoms with E-state index < -0.39 is 10.0 Å². The van der Waals surface area contributed by atoms with Crippen molar-refractivity contribution in [1.29, 1.82) is 0 Å². The highest BCUT2D eigenvalue weighted by Gasteiger charge is 2.24. The first-order valence-electron chi connectivity index (χ1n) is 7.29. The molecule has 0 amide bonds. The summed E-state index contributed by atoms with van der Waals surface area (Å²) < 4.78 is 25.0. The first-order chi connectivity index (χ1) is 9.85. The summed E-state index contributed by atoms with van der Waals surface area (Å²) in [6.07, 6.45) is 3.38. The van der Waals surface area contributed by atoms with Gasteiger partial charge in [-0.25, -0.2) is 13.1 Å². The highest BCUT2D eigenvalue weighted by molar-refractivity contribution is 7.88. The fourth-order valence-corrected chi connectivity index (χ4v) is 3.60. The van der Waals surface area contributed by atoms with Crippen LogP contribution in [0.4, 0.5) is 0 Å². The van der Waals surface area contributed by atoms with Crippen molar-refractivity contribution < 1.29 is 8.42 Å². The molecule has 1 fully saturated rings. The Kier molecular flexibility index (Phi) is 5.66. The number of rotatable bonds is 5. The zero-order valence-corrected chi connectivity index (χ0v) is 14.1. The van der Waals surface area contributed by atoms with Crippen molar-refractivity contribution >= 4 is 21.6 Å². The number of benzene rings is 1. The van der Waals surface area contributed by atoms with Crippen LogP contribution in [0.1, 0.15) is 31.4 Å². The average Bonchev–Trinajstić information content (AvgIpc) is 2.44. The maximum Gasteiger partial charge on any atom is 0.208 e. The minimum atomic E-state index is -3.10. The summed E-state index contributed by atoms with van der Waals surface area (Å²) in [7, 11) is -3.10. The van der Waals surface area contributed by atoms with Crippen LogP contribution in [0.25, 0.3) is 0 Å². The summed E-state index contributed by atoms with van der Waals surface area (Å²) in [4.78, 5) is 2.41. The van der Waals surface area contributed by atoms with Gasteiger partial charge >= 0.3 is 0 Å². The minimum Gasteiger partial charge on any atom is -0.296 e. The molecule has 6 heteroatoms. The molecule has 0 aromatic heterocycles. The predicted molar refractivity (Wildman–Crippen MR) is 87.0 cm³/mol. The summed E-state index contributed by atoms with van der Waals surface area (Å²) in [6.45, 7) is 4.66. The van der Waals surface area contributed by atoms with E-state index in [2.05, 4.69) is 22.6 Å². The van der Waals surface area contributed by atoms with Crippen LogP contribution >= 0.6 is 11.6 Å². The topological polar surface area (TPSA) is 49.4 Å². The van der Waals surface area contributed by atoms with Gasteiger partial charge in [-0.15, -0.1) is 0 Å². The number of hydrogen-bond acceptors (Lipinski definition) is 3. The van der Waals surface area contributed by atoms with Crippen LogP contribution in [0.3, 0.4) is 0 Å². The summed E-state index contributed by atoms with van der Waals surface area (Å²) in [6, 6.07) is 8.25. The van der Waals surface area contributed by atoms with E-state index in [1.165, 1.54) is 11.8 Å². The van der Waals surface area contributed by atoms with Gasteiger partial charge in [-0.05, 0) is 49.9 Å². The van der Waals surface area contributed by atoms with E-state index in [4.69, 9.17) is 11.6 Å². The zero-order valence-electron chi connectivity index (χ0n) is 12.5. The van der Waals surface area contributed by atoms with E-state index in [-0.39, 0.29) is 0 Å². The SMILES string of the molecule is CC(c1cccc(Cl)c1)N1CCCC(CNS(C)(=O)=O)C1. The summed E-state index contributed by atoms with van der Waals surface area (Å²) >= 11 is 6.06. The van der Waals surface area contributed by atoms with Crippen LogP contribution in [0.2, 0.25) is 5.02 Å². The number of halogens is 1. The molecule has 1 aromatic carbocycles. The van der Waals surface area contributed by atoms with Crippen LogP contribution in [-0.2, 0) is 10.0 Å². The fourth-order valence-electron chi connectivity index (χ4n) is 2.86. The molecule has 2 atom stereocenters. The van der Waals surface area contributed by atoms with E-state index >= 15 is 0 Å². The molecule has 0 aliphatic carbocycles. The van der Waals surface area contributed by atoms with Gasteiger partial charge in [0.05, 0.1) is 6.26 Å². The van der Waals surface area contributed by atoms with Crippen molar-refractivity contribution in [3.05, 3.63) is 34.9 Å². The van der Waals surface area contributed by atoms with Crippen molar-refractivity contribution in [3.8, 4) is 0 Å². The Hall–Kier alpha value is -0.620. The van der Waals surface area contributed by atoms with Gasteiger partial charge in [0.15, 0.2) is 0 Å². The van der Waals surface area contributed by atoms with Gasteiger partial charge in [0.2, 0.25) is 10.0 Å². The number of hydrogen-bond donors (Lipinski definition) is 1. The number of likely N-dealkylation sites (tertiary alicyclic amines) is 1. The number of nitrogens with one attached hydrogen (secondary N) is 1. The Morgan fingerprint density at radius 3 is 2.90 bits per heavy atom. The first-order valence-corrected chi connectivity index (χ1v) is 9.56. The lowest BCUT2D eigenvalue weighted by Crippen LogP contribution is -2.41. The molecule has 0 saturated carbocycles. The molecule has 0 spiro atoms. The molecule has 4 nitrogen and oxygen atoms in total. The Bertz CT molecular complexity index is 577. The smallest absolute Gasteiger partial charge is 0.208 e. The third-order valence-electron chi connectivity index (χ3n) is 4.06. The molecular formula is C15H23ClN2O2S. The van der Waals surface area contributed by atoms with Gasteiger partial charge in [0.1, 0.15) is 0 Å². The Morgan fingerprint density at radius 2 is 2.24 bits per heavy atom. The van der Waals surface area contributed by atoms with E-state index in [0.717, 1.165) is 31.0 Å². The van der Waals surface area contributed by atoms with Crippen LogP contribution in [0, 0.1) is 5.92 Å². The molecule has 0 bridgehead atoms. The molecular weight excluding hydrogens is 308 g/mol. The van der Waals surface area contributed by atoms with Crippen molar-refractivity contribution in [2.75, 3.05) is 25.9 Å². The maximum atomic E-state index is 11.2. The molecule has 1 aromatic rings. The molecule has 1 N–H and O–H groups in total. The minimum absolute atomic E-state index is 0.296. The first kappa shape index (κ1) is 16.7. The van der Waals surface area contributed by atoms with Gasteiger partial charge in [0, 0.05) is 24.2 Å². The molecule has 1 aliphatic heterocycles. The van der Waals surface area contributed by atoms with Gasteiger partial charge < -0.3 is 0 Å². The van der Waals surface area contributed by atoms with Gasteiger partial charge in [-0.2, -0.15) is 0 Å². The third-order valence-corrected chi connectivity index (χ3v) is 4.99. The van der Waals surface area contributed by atoms with Gasteiger partial charge in [0.25, 0.3) is 0 Å². The lowest BCUT2D eigenvalue weighted by Gasteiger charge is -2.37. The molecule has 1 heterocycles. The largest absolute Gasteiger partial charge is 0.296 e. The molecule has 1 saturated heterocycles. The number of sulfonamides is 1. The van der Waals surface area contributed by atoms with Crippen molar-refractivity contribution in [1.82, 2.24) is 9.62 Å². The van der Waals surface area contributed by atoms with E-state index in [9.17, 15) is 8.42 Å². The molecule has 118 valence electrons. The maximum absolute atomic E-state index is 11.2. The Labute approximate surface area is 132 Å². The fraction of sp³-hybridized carbons (Fsp3) is 0.600. The highest BCUT2D eigenvalue weighted by atomic mass is 35.5. The zero-order chi connectivity index (χ0) is 15.5. The van der Waals surface area contributed by atoms with Crippen LogP contribution in [0.15, 0.2) is 24.3 Å². The van der Waals surface area contributed by atoms with Crippen molar-refractivity contribution in [3.63, 3.8) is 0 Å². The van der Waals surface area contributed by atoms with E-state index in [1.54, 1.807) is 0 Å². The lowest BCUT2D eigenvalue weighted by molar-refractivity contribution is 0.133. The van der Waals surface area contributed by atoms with Crippen LogP contribution in [-0.4, -0.2) is 39.2 Å². The molecule has 21 heavy (non-hydrogen) atoms. The van der Waals surface area contributed by atoms with Crippen molar-refractivity contribution in [2.24, 2.45) is 5.92 Å². The monoisotopic (exact) mass is 330 g/mol. The number of piperidine rings is 1. The highest BCUT2D eigenvalue weighted by Crippen LogP contribution is 2.27. The number of nitrogens with zero attached hydrogens (tertiary/aromatic N) is 1. The summed E-state index contributed by atoms with van der Waals surface area (Å²) in [5.41, 5.74) is 1.21. The second kappa shape index (κ2) is 7.09. The summed E-state index contributed by atoms with van der Waals surface area (Å²) in [5, 5.41) is 0.756. The van der Waals surface area contributed by atoms with Gasteiger partial charge in [-0.3, -0.25) is 4.90 Å². The third kappa shape index (κ3) is 5.25. The molecule has 2 rings (SSSR count). The van der Waals surface area contributed by atoms with E-state index in [1.807, 2.05) is 18.2 Å². The average molecular weight is 331 g/mol. The molecule has 0 radical (unpaired) electrons. The molecule has 2 unspecified atom stereocenters. The Morgan fingerprint density at radius 1 is 1.48 bits per heavy atom. The van der Waals surface area contributed by atoms with Gasteiger partial charge in [-0.1, -0.05) is 23.7 Å². The normalized spacial score (nSPS) is 22.1. The quantitative estimate of drug-likeness (QED) is 0.903. The predicted octanol–water partition coefficient (Wildman–Crippen LogP) is 2.66. The second-order valence-electron chi connectivity index (χ2n) is 5.85. The molecule has 1 aliphatic rings. The van der Waals surface area contributed by atoms with E-state index in [0.29, 0.717) is 18.5 Å². The van der Waals surface area contributed by atoms with Crippen LogP contribution < -0.4 is 4.72 Å². The lowest BCUT2D eigenvalue weighted by atomic mass is 9.95. The van der Waals surface area contributed by atoms with Crippen LogP contribution in [0.5, 0.6) is 0 Å². The summed E-state index contributed by atoms with van der Waals surface area (Å²) in [5.74, 6) is 0.370. The second-order valence-corrected chi connectivity index (χ2v) is 8.12. The standard InChI is InChI=1S/C15H23ClN2O2S/c1-12(14-6-3-7-15(16)9-14)18-8-4-5-13(11-18)10-17-21(2,19)20/h3,6-7,9,12-13,17H,4-5,8,10-11H2,1-2H3.